The van der Waals surface area contributed by atoms with Crippen LogP contribution in [0.4, 0.5) is 0 Å². The monoisotopic (exact) mass is 167 g/mol. The molecule has 0 aliphatic rings. The number of hydrogen-bond acceptors (Lipinski definition) is 3. The minimum atomic E-state index is -0.375. The highest BCUT2D eigenvalue weighted by Crippen LogP contribution is 2.17. The van der Waals surface area contributed by atoms with Crippen LogP contribution in [-0.4, -0.2) is 14.2 Å². The molecule has 0 fully saturated rings. The summed E-state index contributed by atoms with van der Waals surface area (Å²) in [5.41, 5.74) is 6.55. The SMILES string of the molecule is COc1cccc(C(N)OC)c1. The zero-order chi connectivity index (χ0) is 8.97. The van der Waals surface area contributed by atoms with E-state index in [9.17, 15) is 0 Å². The average Bonchev–Trinajstić information content (AvgIpc) is 2.17. The molecule has 3 nitrogen and oxygen atoms in total. The first-order valence-electron chi connectivity index (χ1n) is 3.70. The van der Waals surface area contributed by atoms with Crippen LogP contribution in [0.1, 0.15) is 11.8 Å². The second-order valence-electron chi connectivity index (χ2n) is 2.43. The molecule has 0 aliphatic heterocycles. The summed E-state index contributed by atoms with van der Waals surface area (Å²) < 4.78 is 10.00. The van der Waals surface area contributed by atoms with Crippen molar-refractivity contribution in [1.29, 1.82) is 0 Å². The van der Waals surface area contributed by atoms with E-state index in [0.29, 0.717) is 0 Å². The molecule has 1 atom stereocenters. The van der Waals surface area contributed by atoms with Crippen LogP contribution in [0.5, 0.6) is 5.75 Å². The lowest BCUT2D eigenvalue weighted by atomic mass is 10.2. The molecule has 1 unspecified atom stereocenters. The summed E-state index contributed by atoms with van der Waals surface area (Å²) in [6.07, 6.45) is -0.375. The van der Waals surface area contributed by atoms with Crippen LogP contribution in [0.15, 0.2) is 24.3 Å². The highest BCUT2D eigenvalue weighted by Gasteiger charge is 2.03. The van der Waals surface area contributed by atoms with Crippen LogP contribution >= 0.6 is 0 Å². The standard InChI is InChI=1S/C9H13NO2/c1-11-8-5-3-4-7(6-8)9(10)12-2/h3-6,9H,10H2,1-2H3. The summed E-state index contributed by atoms with van der Waals surface area (Å²) >= 11 is 0. The molecule has 0 aliphatic carbocycles. The quantitative estimate of drug-likeness (QED) is 0.690. The summed E-state index contributed by atoms with van der Waals surface area (Å²) in [6, 6.07) is 7.50. The Morgan fingerprint density at radius 1 is 1.33 bits per heavy atom. The Kier molecular flexibility index (Phi) is 3.08. The highest BCUT2D eigenvalue weighted by atomic mass is 16.5. The summed E-state index contributed by atoms with van der Waals surface area (Å²) in [6.45, 7) is 0. The molecule has 0 amide bonds. The molecule has 0 heterocycles. The molecule has 2 N–H and O–H groups in total. The Hall–Kier alpha value is -1.06. The Balaban J connectivity index is 2.86. The van der Waals surface area contributed by atoms with Gasteiger partial charge in [-0.05, 0) is 17.7 Å². The van der Waals surface area contributed by atoms with E-state index in [4.69, 9.17) is 15.2 Å². The third-order valence-electron chi connectivity index (χ3n) is 1.68. The van der Waals surface area contributed by atoms with Crippen molar-refractivity contribution in [1.82, 2.24) is 0 Å². The molecule has 0 radical (unpaired) electrons. The summed E-state index contributed by atoms with van der Waals surface area (Å²) in [4.78, 5) is 0. The molecule has 0 bridgehead atoms. The minimum Gasteiger partial charge on any atom is -0.497 e. The van der Waals surface area contributed by atoms with Crippen molar-refractivity contribution < 1.29 is 9.47 Å². The van der Waals surface area contributed by atoms with Crippen LogP contribution < -0.4 is 10.5 Å². The van der Waals surface area contributed by atoms with Crippen molar-refractivity contribution >= 4 is 0 Å². The van der Waals surface area contributed by atoms with Crippen LogP contribution in [0, 0.1) is 0 Å². The van der Waals surface area contributed by atoms with Crippen LogP contribution in [0.3, 0.4) is 0 Å². The van der Waals surface area contributed by atoms with E-state index in [-0.39, 0.29) is 6.23 Å². The molecule has 3 heteroatoms. The number of benzene rings is 1. The molecule has 66 valence electrons. The van der Waals surface area contributed by atoms with Crippen molar-refractivity contribution in [2.24, 2.45) is 5.73 Å². The van der Waals surface area contributed by atoms with E-state index >= 15 is 0 Å². The normalized spacial score (nSPS) is 12.6. The molecular formula is C9H13NO2. The number of hydrogen-bond donors (Lipinski definition) is 1. The topological polar surface area (TPSA) is 44.5 Å². The van der Waals surface area contributed by atoms with Crippen LogP contribution in [0.2, 0.25) is 0 Å². The van der Waals surface area contributed by atoms with Crippen LogP contribution in [0.25, 0.3) is 0 Å². The first-order chi connectivity index (χ1) is 5.77. The molecule has 0 spiro atoms. The average molecular weight is 167 g/mol. The fourth-order valence-electron chi connectivity index (χ4n) is 0.955. The van der Waals surface area contributed by atoms with E-state index in [1.54, 1.807) is 14.2 Å². The van der Waals surface area contributed by atoms with Crippen molar-refractivity contribution in [3.05, 3.63) is 29.8 Å². The van der Waals surface area contributed by atoms with Gasteiger partial charge >= 0.3 is 0 Å². The van der Waals surface area contributed by atoms with Crippen molar-refractivity contribution in [3.63, 3.8) is 0 Å². The molecular weight excluding hydrogens is 154 g/mol. The summed E-state index contributed by atoms with van der Waals surface area (Å²) in [5.74, 6) is 0.792. The van der Waals surface area contributed by atoms with Gasteiger partial charge in [0.05, 0.1) is 7.11 Å². The lowest BCUT2D eigenvalue weighted by Crippen LogP contribution is -2.11. The minimum absolute atomic E-state index is 0.375. The Bertz CT molecular complexity index is 250. The van der Waals surface area contributed by atoms with Gasteiger partial charge in [-0.15, -0.1) is 0 Å². The predicted octanol–water partition coefficient (Wildman–Crippen LogP) is 1.30. The van der Waals surface area contributed by atoms with Gasteiger partial charge in [0.1, 0.15) is 12.0 Å². The van der Waals surface area contributed by atoms with E-state index in [2.05, 4.69) is 0 Å². The van der Waals surface area contributed by atoms with E-state index in [0.717, 1.165) is 11.3 Å². The smallest absolute Gasteiger partial charge is 0.131 e. The molecule has 0 saturated heterocycles. The van der Waals surface area contributed by atoms with E-state index < -0.39 is 0 Å². The Labute approximate surface area is 72.1 Å². The number of rotatable bonds is 3. The van der Waals surface area contributed by atoms with Gasteiger partial charge in [-0.1, -0.05) is 12.1 Å². The Morgan fingerprint density at radius 3 is 2.67 bits per heavy atom. The van der Waals surface area contributed by atoms with Gasteiger partial charge < -0.3 is 15.2 Å². The number of ether oxygens (including phenoxy) is 2. The lowest BCUT2D eigenvalue weighted by Gasteiger charge is -2.10. The maximum absolute atomic E-state index is 5.64. The summed E-state index contributed by atoms with van der Waals surface area (Å²) in [7, 11) is 3.20. The van der Waals surface area contributed by atoms with Gasteiger partial charge in [-0.2, -0.15) is 0 Å². The maximum atomic E-state index is 5.64. The highest BCUT2D eigenvalue weighted by molar-refractivity contribution is 5.29. The molecule has 0 aromatic heterocycles. The lowest BCUT2D eigenvalue weighted by molar-refractivity contribution is 0.109. The van der Waals surface area contributed by atoms with E-state index in [1.807, 2.05) is 24.3 Å². The first-order valence-corrected chi connectivity index (χ1v) is 3.70. The predicted molar refractivity (Wildman–Crippen MR) is 46.9 cm³/mol. The summed E-state index contributed by atoms with van der Waals surface area (Å²) in [5, 5.41) is 0. The molecule has 1 rings (SSSR count). The first kappa shape index (κ1) is 9.03. The largest absolute Gasteiger partial charge is 0.497 e. The fourth-order valence-corrected chi connectivity index (χ4v) is 0.955. The van der Waals surface area contributed by atoms with Gasteiger partial charge in [0.25, 0.3) is 0 Å². The molecule has 1 aromatic carbocycles. The van der Waals surface area contributed by atoms with Crippen LogP contribution in [-0.2, 0) is 4.74 Å². The third kappa shape index (κ3) is 1.96. The zero-order valence-electron chi connectivity index (χ0n) is 7.28. The second kappa shape index (κ2) is 4.09. The fraction of sp³-hybridized carbons (Fsp3) is 0.333. The van der Waals surface area contributed by atoms with Crippen molar-refractivity contribution in [2.75, 3.05) is 14.2 Å². The van der Waals surface area contributed by atoms with Gasteiger partial charge in [0.15, 0.2) is 0 Å². The maximum Gasteiger partial charge on any atom is 0.131 e. The van der Waals surface area contributed by atoms with Crippen molar-refractivity contribution in [3.8, 4) is 5.75 Å². The van der Waals surface area contributed by atoms with E-state index in [1.165, 1.54) is 0 Å². The second-order valence-corrected chi connectivity index (χ2v) is 2.43. The number of nitrogens with two attached hydrogens (primary N) is 1. The van der Waals surface area contributed by atoms with Gasteiger partial charge in [-0.3, -0.25) is 0 Å². The molecule has 1 aromatic rings. The van der Waals surface area contributed by atoms with Gasteiger partial charge in [0.2, 0.25) is 0 Å². The van der Waals surface area contributed by atoms with Gasteiger partial charge in [-0.25, -0.2) is 0 Å². The third-order valence-corrected chi connectivity index (χ3v) is 1.68. The van der Waals surface area contributed by atoms with Crippen molar-refractivity contribution in [2.45, 2.75) is 6.23 Å². The molecule has 0 saturated carbocycles. The van der Waals surface area contributed by atoms with Gasteiger partial charge in [0, 0.05) is 7.11 Å². The molecule has 12 heavy (non-hydrogen) atoms. The zero-order valence-corrected chi connectivity index (χ0v) is 7.28. The number of methoxy groups -OCH3 is 2. The Morgan fingerprint density at radius 2 is 2.08 bits per heavy atom.